The van der Waals surface area contributed by atoms with Crippen LogP contribution in [0.1, 0.15) is 37.7 Å². The van der Waals surface area contributed by atoms with Crippen molar-refractivity contribution in [1.29, 1.82) is 0 Å². The van der Waals surface area contributed by atoms with Gasteiger partial charge in [-0.15, -0.1) is 0 Å². The van der Waals surface area contributed by atoms with Crippen molar-refractivity contribution in [2.75, 3.05) is 0 Å². The molecule has 2 aromatic heterocycles. The summed E-state index contributed by atoms with van der Waals surface area (Å²) in [7, 11) is 0. The number of imidazole rings is 1. The lowest BCUT2D eigenvalue weighted by Crippen LogP contribution is -2.48. The largest absolute Gasteiger partial charge is 0.504 e. The van der Waals surface area contributed by atoms with E-state index in [1.54, 1.807) is 6.08 Å². The minimum Gasteiger partial charge on any atom is -0.504 e. The van der Waals surface area contributed by atoms with Crippen molar-refractivity contribution >= 4 is 11.8 Å². The van der Waals surface area contributed by atoms with Crippen molar-refractivity contribution in [3.05, 3.63) is 85.0 Å². The van der Waals surface area contributed by atoms with Gasteiger partial charge in [0.2, 0.25) is 0 Å². The van der Waals surface area contributed by atoms with Crippen molar-refractivity contribution < 1.29 is 5.11 Å². The molecule has 0 atom stereocenters. The number of hydrogen-bond donors (Lipinski definition) is 4. The third-order valence-corrected chi connectivity index (χ3v) is 3.92. The molecule has 134 valence electrons. The van der Waals surface area contributed by atoms with Crippen LogP contribution in [0.4, 0.5) is 0 Å². The molecule has 1 aromatic carbocycles. The van der Waals surface area contributed by atoms with E-state index in [0.717, 1.165) is 5.56 Å². The van der Waals surface area contributed by atoms with Gasteiger partial charge < -0.3 is 20.1 Å². The standard InChI is InChI=1S/C19H20N4O3/c1-19(2,3)16-13(20-10-21-16)15(24)14-18(26)22-12(17(25)23-14)9-11-7-5-4-6-8-11/h4-10,24H,1-3H3,(H,20,21)(H,22,26)(H,23,25)/b12-9-,15-14+. The van der Waals surface area contributed by atoms with E-state index in [2.05, 4.69) is 19.9 Å². The summed E-state index contributed by atoms with van der Waals surface area (Å²) in [6.07, 6.45) is 3.01. The molecule has 4 N–H and O–H groups in total. The van der Waals surface area contributed by atoms with Crippen LogP contribution in [0.2, 0.25) is 0 Å². The first-order valence-electron chi connectivity index (χ1n) is 8.14. The summed E-state index contributed by atoms with van der Waals surface area (Å²) in [5.74, 6) is -0.374. The molecular formula is C19H20N4O3. The normalized spacial score (nSPS) is 13.7. The Morgan fingerprint density at radius 1 is 1.08 bits per heavy atom. The fourth-order valence-corrected chi connectivity index (χ4v) is 2.63. The van der Waals surface area contributed by atoms with Crippen LogP contribution in [-0.2, 0) is 5.41 Å². The summed E-state index contributed by atoms with van der Waals surface area (Å²) in [6.45, 7) is 5.84. The lowest BCUT2D eigenvalue weighted by Gasteiger charge is -2.17. The first-order chi connectivity index (χ1) is 12.3. The van der Waals surface area contributed by atoms with Crippen LogP contribution in [0.3, 0.4) is 0 Å². The lowest BCUT2D eigenvalue weighted by atomic mass is 9.90. The summed E-state index contributed by atoms with van der Waals surface area (Å²) < 4.78 is 0. The van der Waals surface area contributed by atoms with Gasteiger partial charge in [0.1, 0.15) is 11.0 Å². The molecule has 0 saturated carbocycles. The van der Waals surface area contributed by atoms with Gasteiger partial charge >= 0.3 is 0 Å². The van der Waals surface area contributed by atoms with Crippen molar-refractivity contribution in [2.24, 2.45) is 0 Å². The number of H-pyrrole nitrogens is 3. The van der Waals surface area contributed by atoms with Gasteiger partial charge in [0.25, 0.3) is 11.1 Å². The highest BCUT2D eigenvalue weighted by atomic mass is 16.3. The Morgan fingerprint density at radius 2 is 1.77 bits per heavy atom. The molecule has 0 amide bonds. The number of hydrogen-bond acceptors (Lipinski definition) is 4. The van der Waals surface area contributed by atoms with Crippen molar-refractivity contribution in [3.63, 3.8) is 0 Å². The first kappa shape index (κ1) is 17.5. The summed E-state index contributed by atoms with van der Waals surface area (Å²) >= 11 is 0. The minimum atomic E-state index is -0.604. The van der Waals surface area contributed by atoms with Gasteiger partial charge in [0.15, 0.2) is 11.1 Å². The molecule has 0 bridgehead atoms. The quantitative estimate of drug-likeness (QED) is 0.541. The molecule has 3 aromatic rings. The van der Waals surface area contributed by atoms with E-state index in [1.165, 1.54) is 6.33 Å². The highest BCUT2D eigenvalue weighted by Gasteiger charge is 2.23. The van der Waals surface area contributed by atoms with Gasteiger partial charge in [-0.05, 0) is 11.6 Å². The zero-order valence-electron chi connectivity index (χ0n) is 14.8. The van der Waals surface area contributed by atoms with E-state index in [4.69, 9.17) is 0 Å². The highest BCUT2D eigenvalue weighted by Crippen LogP contribution is 2.25. The van der Waals surface area contributed by atoms with Crippen LogP contribution in [-0.4, -0.2) is 25.0 Å². The van der Waals surface area contributed by atoms with Gasteiger partial charge in [-0.1, -0.05) is 51.1 Å². The molecule has 0 radical (unpaired) electrons. The number of nitrogens with one attached hydrogen (secondary N) is 3. The van der Waals surface area contributed by atoms with E-state index in [9.17, 15) is 14.7 Å². The molecular weight excluding hydrogens is 332 g/mol. The zero-order valence-corrected chi connectivity index (χ0v) is 14.8. The zero-order chi connectivity index (χ0) is 18.9. The summed E-state index contributed by atoms with van der Waals surface area (Å²) in [5, 5.41) is 10.4. The molecule has 0 aliphatic heterocycles. The van der Waals surface area contributed by atoms with Crippen LogP contribution in [0.5, 0.6) is 0 Å². The smallest absolute Gasteiger partial charge is 0.276 e. The Balaban J connectivity index is 2.23. The predicted molar refractivity (Wildman–Crippen MR) is 99.4 cm³/mol. The number of aliphatic hydroxyl groups excluding tert-OH is 1. The molecule has 7 nitrogen and oxygen atoms in total. The summed E-state index contributed by atoms with van der Waals surface area (Å²) in [4.78, 5) is 36.8. The number of aromatic nitrogens is 4. The SMILES string of the molecule is CC(C)(C)c1[nH]cnc1/C(O)=c1\[nH]c(=O)/c(=C/c2ccccc2)[nH]c1=O. The second kappa shape index (κ2) is 6.51. The Labute approximate surface area is 148 Å². The predicted octanol–water partition coefficient (Wildman–Crippen LogP) is 0.627. The highest BCUT2D eigenvalue weighted by molar-refractivity contribution is 5.56. The molecule has 0 unspecified atom stereocenters. The number of nitrogens with zero attached hydrogens (tertiary/aromatic N) is 1. The van der Waals surface area contributed by atoms with Gasteiger partial charge in [-0.2, -0.15) is 0 Å². The van der Waals surface area contributed by atoms with Crippen LogP contribution in [0, 0.1) is 0 Å². The van der Waals surface area contributed by atoms with Crippen molar-refractivity contribution in [2.45, 2.75) is 26.2 Å². The third kappa shape index (κ3) is 3.37. The van der Waals surface area contributed by atoms with Crippen LogP contribution >= 0.6 is 0 Å². The van der Waals surface area contributed by atoms with Crippen LogP contribution < -0.4 is 21.8 Å². The maximum absolute atomic E-state index is 12.4. The minimum absolute atomic E-state index is 0.107. The molecule has 0 aliphatic carbocycles. The average Bonchev–Trinajstić information content (AvgIpc) is 3.08. The second-order valence-electron chi connectivity index (χ2n) is 6.98. The first-order valence-corrected chi connectivity index (χ1v) is 8.14. The summed E-state index contributed by atoms with van der Waals surface area (Å²) in [5.41, 5.74) is 0.231. The number of aromatic amines is 3. The van der Waals surface area contributed by atoms with Crippen LogP contribution in [0.15, 0.2) is 46.2 Å². The number of rotatable bonds is 2. The van der Waals surface area contributed by atoms with Gasteiger partial charge in [-0.3, -0.25) is 9.59 Å². The van der Waals surface area contributed by atoms with Crippen LogP contribution in [0.25, 0.3) is 11.8 Å². The molecule has 0 aliphatic rings. The van der Waals surface area contributed by atoms with E-state index < -0.39 is 11.1 Å². The Hall–Kier alpha value is -3.35. The lowest BCUT2D eigenvalue weighted by molar-refractivity contribution is 0.492. The molecule has 0 spiro atoms. The molecule has 3 rings (SSSR count). The Morgan fingerprint density at radius 3 is 2.42 bits per heavy atom. The van der Waals surface area contributed by atoms with Crippen molar-refractivity contribution in [3.8, 4) is 0 Å². The second-order valence-corrected chi connectivity index (χ2v) is 6.98. The topological polar surface area (TPSA) is 115 Å². The molecule has 0 saturated heterocycles. The van der Waals surface area contributed by atoms with E-state index in [1.807, 2.05) is 51.1 Å². The molecule has 0 fully saturated rings. The monoisotopic (exact) mass is 352 g/mol. The molecule has 2 heterocycles. The van der Waals surface area contributed by atoms with Gasteiger partial charge in [-0.25, -0.2) is 4.98 Å². The van der Waals surface area contributed by atoms with Gasteiger partial charge in [0.05, 0.1) is 12.0 Å². The Bertz CT molecular complexity index is 1160. The maximum Gasteiger partial charge on any atom is 0.276 e. The third-order valence-electron chi connectivity index (χ3n) is 3.92. The number of benzene rings is 1. The summed E-state index contributed by atoms with van der Waals surface area (Å²) in [6, 6.07) is 9.15. The average molecular weight is 352 g/mol. The van der Waals surface area contributed by atoms with Crippen molar-refractivity contribution in [1.82, 2.24) is 19.9 Å². The Kier molecular flexibility index (Phi) is 4.38. The maximum atomic E-state index is 12.4. The molecule has 26 heavy (non-hydrogen) atoms. The fourth-order valence-electron chi connectivity index (χ4n) is 2.63. The van der Waals surface area contributed by atoms with Gasteiger partial charge in [0, 0.05) is 5.41 Å². The fraction of sp³-hybridized carbons (Fsp3) is 0.211. The number of aliphatic hydroxyl groups is 1. The van der Waals surface area contributed by atoms with E-state index in [-0.39, 0.29) is 27.6 Å². The van der Waals surface area contributed by atoms with E-state index in [0.29, 0.717) is 5.69 Å². The molecule has 7 heteroatoms. The van der Waals surface area contributed by atoms with E-state index >= 15 is 0 Å².